The minimum Gasteiger partial charge on any atom is -0.459 e. The Balaban J connectivity index is 1.32. The number of benzene rings is 4. The molecule has 0 aliphatic rings. The van der Waals surface area contributed by atoms with Crippen molar-refractivity contribution in [2.45, 2.75) is 23.9 Å². The van der Waals surface area contributed by atoms with Crippen molar-refractivity contribution in [1.82, 2.24) is 9.73 Å². The lowest BCUT2D eigenvalue weighted by molar-refractivity contribution is -0.121. The Hall–Kier alpha value is -4.21. The zero-order valence-electron chi connectivity index (χ0n) is 22.8. The van der Waals surface area contributed by atoms with Crippen molar-refractivity contribution in [3.8, 4) is 0 Å². The van der Waals surface area contributed by atoms with Crippen LogP contribution >= 0.6 is 23.2 Å². The summed E-state index contributed by atoms with van der Waals surface area (Å²) >= 11 is 12.0. The van der Waals surface area contributed by atoms with Crippen molar-refractivity contribution in [1.29, 1.82) is 0 Å². The number of hydrazone groups is 1. The summed E-state index contributed by atoms with van der Waals surface area (Å²) in [7, 11) is -3.91. The highest BCUT2D eigenvalue weighted by Gasteiger charge is 2.26. The fourth-order valence-corrected chi connectivity index (χ4v) is 6.15. The lowest BCUT2D eigenvalue weighted by atomic mass is 9.91. The predicted octanol–water partition coefficient (Wildman–Crippen LogP) is 7.26. The summed E-state index contributed by atoms with van der Waals surface area (Å²) in [5.74, 6) is -0.109. The van der Waals surface area contributed by atoms with Crippen molar-refractivity contribution >= 4 is 45.3 Å². The Morgan fingerprint density at radius 1 is 0.767 bits per heavy atom. The fraction of sp³-hybridized carbons (Fsp3) is 0.0909. The van der Waals surface area contributed by atoms with E-state index in [1.807, 2.05) is 60.7 Å². The van der Waals surface area contributed by atoms with Gasteiger partial charge in [-0.2, -0.15) is 9.41 Å². The van der Waals surface area contributed by atoms with Crippen molar-refractivity contribution in [3.63, 3.8) is 0 Å². The predicted molar refractivity (Wildman–Crippen MR) is 169 cm³/mol. The van der Waals surface area contributed by atoms with Gasteiger partial charge in [-0.05, 0) is 65.2 Å². The van der Waals surface area contributed by atoms with E-state index in [1.165, 1.54) is 34.8 Å². The maximum absolute atomic E-state index is 13.6. The van der Waals surface area contributed by atoms with Gasteiger partial charge in [0.2, 0.25) is 10.0 Å². The number of nitrogens with one attached hydrogen (secondary N) is 1. The molecule has 43 heavy (non-hydrogen) atoms. The number of rotatable bonds is 11. The Labute approximate surface area is 260 Å². The summed E-state index contributed by atoms with van der Waals surface area (Å²) in [5.41, 5.74) is 5.04. The molecule has 0 unspecified atom stereocenters. The van der Waals surface area contributed by atoms with E-state index < -0.39 is 15.9 Å². The van der Waals surface area contributed by atoms with Crippen molar-refractivity contribution in [3.05, 3.63) is 160 Å². The first-order chi connectivity index (χ1) is 20.8. The summed E-state index contributed by atoms with van der Waals surface area (Å²) in [6, 6.07) is 35.2. The molecule has 218 valence electrons. The number of carbonyl (C=O) groups excluding carboxylic acids is 1. The second kappa shape index (κ2) is 13.8. The largest absolute Gasteiger partial charge is 0.459 e. The molecule has 1 N–H and O–H groups in total. The monoisotopic (exact) mass is 631 g/mol. The van der Waals surface area contributed by atoms with Gasteiger partial charge >= 0.3 is 0 Å². The Bertz CT molecular complexity index is 1750. The minimum atomic E-state index is -3.91. The highest BCUT2D eigenvalue weighted by Crippen LogP contribution is 2.26. The van der Waals surface area contributed by atoms with Crippen LogP contribution < -0.4 is 5.43 Å². The van der Waals surface area contributed by atoms with Gasteiger partial charge in [0.25, 0.3) is 5.91 Å². The van der Waals surface area contributed by atoms with Gasteiger partial charge in [0.1, 0.15) is 11.5 Å². The smallest absolute Gasteiger partial charge is 0.252 e. The Morgan fingerprint density at radius 3 is 1.91 bits per heavy atom. The zero-order chi connectivity index (χ0) is 30.2. The second-order valence-electron chi connectivity index (χ2n) is 9.65. The summed E-state index contributed by atoms with van der Waals surface area (Å²) in [5, 5.41) is 5.10. The third-order valence-corrected chi connectivity index (χ3v) is 8.94. The number of nitrogens with zero attached hydrogens (tertiary/aromatic N) is 2. The topological polar surface area (TPSA) is 92.0 Å². The number of carbonyl (C=O) groups is 1. The summed E-state index contributed by atoms with van der Waals surface area (Å²) in [6.07, 6.45) is 1.38. The number of furan rings is 1. The van der Waals surface area contributed by atoms with E-state index in [4.69, 9.17) is 27.6 Å². The van der Waals surface area contributed by atoms with Crippen LogP contribution in [-0.2, 0) is 27.9 Å². The van der Waals surface area contributed by atoms with Gasteiger partial charge in [-0.15, -0.1) is 0 Å². The molecule has 0 saturated heterocycles. The molecule has 7 nitrogen and oxygen atoms in total. The van der Waals surface area contributed by atoms with Crippen LogP contribution in [0.3, 0.4) is 0 Å². The first-order valence-electron chi connectivity index (χ1n) is 13.3. The number of hydrogen-bond acceptors (Lipinski definition) is 5. The van der Waals surface area contributed by atoms with Crippen LogP contribution in [0.25, 0.3) is 0 Å². The zero-order valence-corrected chi connectivity index (χ0v) is 25.1. The molecule has 0 spiro atoms. The molecule has 5 rings (SSSR count). The summed E-state index contributed by atoms with van der Waals surface area (Å²) in [4.78, 5) is 13.3. The van der Waals surface area contributed by atoms with Gasteiger partial charge in [0.05, 0.1) is 23.6 Å². The maximum Gasteiger partial charge on any atom is 0.252 e. The Kier molecular flexibility index (Phi) is 9.74. The van der Waals surface area contributed by atoms with E-state index in [2.05, 4.69) is 10.5 Å². The highest BCUT2D eigenvalue weighted by atomic mass is 35.5. The molecular weight excluding hydrogens is 605 g/mol. The molecule has 1 heterocycles. The summed E-state index contributed by atoms with van der Waals surface area (Å²) < 4.78 is 34.4. The average Bonchev–Trinajstić information content (AvgIpc) is 3.46. The lowest BCUT2D eigenvalue weighted by Gasteiger charge is -2.21. The third-order valence-electron chi connectivity index (χ3n) is 6.63. The van der Waals surface area contributed by atoms with E-state index in [0.29, 0.717) is 21.6 Å². The molecule has 5 aromatic rings. The van der Waals surface area contributed by atoms with Gasteiger partial charge < -0.3 is 4.42 Å². The molecule has 10 heteroatoms. The molecule has 0 bridgehead atoms. The first kappa shape index (κ1) is 30.3. The van der Waals surface area contributed by atoms with Crippen molar-refractivity contribution in [2.24, 2.45) is 5.10 Å². The van der Waals surface area contributed by atoms with Crippen LogP contribution in [0, 0.1) is 0 Å². The molecule has 0 aliphatic carbocycles. The molecule has 0 aliphatic heterocycles. The van der Waals surface area contributed by atoms with Crippen LogP contribution in [0.4, 0.5) is 0 Å². The van der Waals surface area contributed by atoms with Gasteiger partial charge in [-0.25, -0.2) is 13.8 Å². The van der Waals surface area contributed by atoms with Crippen molar-refractivity contribution in [2.75, 3.05) is 0 Å². The van der Waals surface area contributed by atoms with Crippen molar-refractivity contribution < 1.29 is 17.6 Å². The quantitative estimate of drug-likeness (QED) is 0.123. The molecular formula is C33H27Cl2N3O4S. The molecule has 4 aromatic carbocycles. The van der Waals surface area contributed by atoms with Crippen LogP contribution in [0.5, 0.6) is 0 Å². The minimum absolute atomic E-state index is 0.0438. The average molecular weight is 633 g/mol. The molecule has 0 saturated carbocycles. The molecule has 1 aromatic heterocycles. The van der Waals surface area contributed by atoms with Gasteiger partial charge in [0.15, 0.2) is 0 Å². The molecule has 1 amide bonds. The third kappa shape index (κ3) is 7.80. The summed E-state index contributed by atoms with van der Waals surface area (Å²) in [6.45, 7) is 0.0422. The van der Waals surface area contributed by atoms with Gasteiger partial charge in [-0.3, -0.25) is 4.79 Å². The highest BCUT2D eigenvalue weighted by molar-refractivity contribution is 7.89. The molecule has 0 radical (unpaired) electrons. The standard InChI is InChI=1S/C33H27Cl2N3O4S/c34-27-13-11-24(12-14-27)22-38(43(40,41)31-19-15-28(35)16-20-31)23-30-18-17-29(42-30)21-36-37-33(39)32(25-7-3-1-4-8-25)26-9-5-2-6-10-26/h1-21,32H,22-23H2,(H,37,39)/b36-21-. The van der Waals surface area contributed by atoms with Gasteiger partial charge in [-0.1, -0.05) is 96.0 Å². The fourth-order valence-electron chi connectivity index (χ4n) is 4.51. The first-order valence-corrected chi connectivity index (χ1v) is 15.5. The van der Waals surface area contributed by atoms with Crippen LogP contribution in [0.1, 0.15) is 34.1 Å². The van der Waals surface area contributed by atoms with Gasteiger partial charge in [0, 0.05) is 16.6 Å². The molecule has 0 atom stereocenters. The van der Waals surface area contributed by atoms with E-state index in [1.54, 1.807) is 36.4 Å². The van der Waals surface area contributed by atoms with E-state index in [0.717, 1.165) is 16.7 Å². The normalized spacial score (nSPS) is 11.8. The van der Waals surface area contributed by atoms with Crippen LogP contribution in [-0.4, -0.2) is 24.8 Å². The molecule has 0 fully saturated rings. The number of amides is 1. The van der Waals surface area contributed by atoms with E-state index in [9.17, 15) is 13.2 Å². The second-order valence-corrected chi connectivity index (χ2v) is 12.5. The Morgan fingerprint density at radius 2 is 1.33 bits per heavy atom. The number of hydrogen-bond donors (Lipinski definition) is 1. The maximum atomic E-state index is 13.6. The van der Waals surface area contributed by atoms with E-state index >= 15 is 0 Å². The number of sulfonamides is 1. The van der Waals surface area contributed by atoms with E-state index in [-0.39, 0.29) is 23.9 Å². The van der Waals surface area contributed by atoms with Crippen LogP contribution in [0.15, 0.2) is 136 Å². The number of halogens is 2. The SMILES string of the molecule is O=C(N/N=C\c1ccc(CN(Cc2ccc(Cl)cc2)S(=O)(=O)c2ccc(Cl)cc2)o1)C(c1ccccc1)c1ccccc1. The lowest BCUT2D eigenvalue weighted by Crippen LogP contribution is -2.30. The van der Waals surface area contributed by atoms with Crippen LogP contribution in [0.2, 0.25) is 10.0 Å².